The molecule has 6 nitrogen and oxygen atoms in total. The van der Waals surface area contributed by atoms with Gasteiger partial charge in [-0.1, -0.05) is 36.4 Å². The van der Waals surface area contributed by atoms with Crippen LogP contribution in [-0.2, 0) is 11.3 Å². The molecule has 0 saturated carbocycles. The molecular weight excluding hydrogens is 354 g/mol. The zero-order valence-corrected chi connectivity index (χ0v) is 16.4. The second kappa shape index (κ2) is 9.08. The van der Waals surface area contributed by atoms with E-state index in [-0.39, 0.29) is 0 Å². The van der Waals surface area contributed by atoms with Gasteiger partial charge in [0, 0.05) is 22.7 Å². The lowest BCUT2D eigenvalue weighted by atomic mass is 10.1. The molecule has 3 aromatic rings. The highest BCUT2D eigenvalue weighted by molar-refractivity contribution is 5.99. The van der Waals surface area contributed by atoms with Crippen molar-refractivity contribution >= 4 is 23.2 Å². The van der Waals surface area contributed by atoms with E-state index in [1.807, 2.05) is 30.5 Å². The molecule has 2 aromatic carbocycles. The molecule has 0 aliphatic heterocycles. The van der Waals surface area contributed by atoms with E-state index in [4.69, 9.17) is 9.47 Å². The fourth-order valence-corrected chi connectivity index (χ4v) is 3.15. The van der Waals surface area contributed by atoms with Gasteiger partial charge in [0.2, 0.25) is 0 Å². The van der Waals surface area contributed by atoms with Crippen molar-refractivity contribution in [2.45, 2.75) is 27.3 Å². The molecule has 0 radical (unpaired) electrons. The van der Waals surface area contributed by atoms with Crippen LogP contribution in [0.3, 0.4) is 0 Å². The Balaban J connectivity index is 1.73. The lowest BCUT2D eigenvalue weighted by Crippen LogP contribution is -2.18. The Morgan fingerprint density at radius 2 is 1.89 bits per heavy atom. The summed E-state index contributed by atoms with van der Waals surface area (Å²) in [5.74, 6) is 0.944. The van der Waals surface area contributed by atoms with Crippen LogP contribution in [0.4, 0.5) is 4.79 Å². The van der Waals surface area contributed by atoms with Crippen LogP contribution in [0.5, 0.6) is 5.75 Å². The molecule has 0 bridgehead atoms. The summed E-state index contributed by atoms with van der Waals surface area (Å²) in [5, 5.41) is 5.04. The Bertz CT molecular complexity index is 972. The van der Waals surface area contributed by atoms with Crippen LogP contribution in [0.1, 0.15) is 23.6 Å². The molecule has 1 amide bonds. The maximum atomic E-state index is 11.4. The number of nitrogens with zero attached hydrogens (tertiary/aromatic N) is 2. The first kappa shape index (κ1) is 19.5. The molecule has 0 atom stereocenters. The van der Waals surface area contributed by atoms with Gasteiger partial charge in [-0.2, -0.15) is 5.10 Å². The minimum absolute atomic E-state index is 0.307. The Kier molecular flexibility index (Phi) is 6.32. The van der Waals surface area contributed by atoms with E-state index in [1.165, 1.54) is 0 Å². The van der Waals surface area contributed by atoms with Crippen LogP contribution in [0.25, 0.3) is 10.9 Å². The Hall–Kier alpha value is -3.28. The first-order valence-electron chi connectivity index (χ1n) is 9.33. The molecule has 28 heavy (non-hydrogen) atoms. The molecule has 1 aromatic heterocycles. The molecule has 1 heterocycles. The molecule has 1 N–H and O–H groups in total. The monoisotopic (exact) mass is 379 g/mol. The van der Waals surface area contributed by atoms with Crippen molar-refractivity contribution in [3.05, 3.63) is 65.4 Å². The van der Waals surface area contributed by atoms with Crippen LogP contribution in [0.2, 0.25) is 0 Å². The molecule has 0 fully saturated rings. The number of amides is 1. The highest BCUT2D eigenvalue weighted by atomic mass is 16.5. The standard InChI is InChI=1S/C22H25N3O3/c1-4-27-22(26)24-23-14-18-15-25(20-11-6-5-10-19(18)20)12-13-28-21-16(2)8-7-9-17(21)3/h5-11,14-15H,4,12-13H2,1-3H3,(H,24,26)/b23-14-. The van der Waals surface area contributed by atoms with Crippen molar-refractivity contribution in [1.82, 2.24) is 9.99 Å². The van der Waals surface area contributed by atoms with Gasteiger partial charge in [-0.05, 0) is 38.0 Å². The SMILES string of the molecule is CCOC(=O)N/N=C\c1cn(CCOc2c(C)cccc2C)c2ccccc12. The predicted octanol–water partition coefficient (Wildman–Crippen LogP) is 4.42. The summed E-state index contributed by atoms with van der Waals surface area (Å²) >= 11 is 0. The van der Waals surface area contributed by atoms with E-state index in [0.29, 0.717) is 19.8 Å². The van der Waals surface area contributed by atoms with E-state index < -0.39 is 6.09 Å². The number of hydrogen-bond acceptors (Lipinski definition) is 4. The van der Waals surface area contributed by atoms with Gasteiger partial charge < -0.3 is 14.0 Å². The topological polar surface area (TPSA) is 64.8 Å². The third kappa shape index (κ3) is 4.52. The second-order valence-corrected chi connectivity index (χ2v) is 6.45. The van der Waals surface area contributed by atoms with Gasteiger partial charge in [0.15, 0.2) is 0 Å². The maximum Gasteiger partial charge on any atom is 0.427 e. The van der Waals surface area contributed by atoms with E-state index in [9.17, 15) is 4.79 Å². The van der Waals surface area contributed by atoms with Crippen molar-refractivity contribution in [2.24, 2.45) is 5.10 Å². The number of hydrazone groups is 1. The fourth-order valence-electron chi connectivity index (χ4n) is 3.15. The summed E-state index contributed by atoms with van der Waals surface area (Å²) in [6, 6.07) is 14.2. The van der Waals surface area contributed by atoms with Crippen LogP contribution in [0, 0.1) is 13.8 Å². The van der Waals surface area contributed by atoms with Crippen LogP contribution >= 0.6 is 0 Å². The summed E-state index contributed by atoms with van der Waals surface area (Å²) in [6.07, 6.45) is 3.07. The maximum absolute atomic E-state index is 11.4. The molecular formula is C22H25N3O3. The predicted molar refractivity (Wildman–Crippen MR) is 111 cm³/mol. The number of rotatable bonds is 7. The van der Waals surface area contributed by atoms with Crippen LogP contribution < -0.4 is 10.2 Å². The lowest BCUT2D eigenvalue weighted by Gasteiger charge is -2.12. The van der Waals surface area contributed by atoms with Gasteiger partial charge in [0.05, 0.1) is 19.4 Å². The number of para-hydroxylation sites is 2. The smallest absolute Gasteiger partial charge is 0.427 e. The number of ether oxygens (including phenoxy) is 2. The largest absolute Gasteiger partial charge is 0.491 e. The third-order valence-electron chi connectivity index (χ3n) is 4.44. The van der Waals surface area contributed by atoms with Crippen molar-refractivity contribution in [2.75, 3.05) is 13.2 Å². The molecule has 0 spiro atoms. The van der Waals surface area contributed by atoms with Crippen LogP contribution in [-0.4, -0.2) is 30.1 Å². The second-order valence-electron chi connectivity index (χ2n) is 6.45. The first-order valence-corrected chi connectivity index (χ1v) is 9.33. The lowest BCUT2D eigenvalue weighted by molar-refractivity contribution is 0.152. The number of aryl methyl sites for hydroxylation is 2. The molecule has 6 heteroatoms. The van der Waals surface area contributed by atoms with Gasteiger partial charge >= 0.3 is 6.09 Å². The highest BCUT2D eigenvalue weighted by Crippen LogP contribution is 2.23. The van der Waals surface area contributed by atoms with E-state index >= 15 is 0 Å². The number of carbonyl (C=O) groups is 1. The molecule has 3 rings (SSSR count). The third-order valence-corrected chi connectivity index (χ3v) is 4.44. The van der Waals surface area contributed by atoms with Crippen molar-refractivity contribution < 1.29 is 14.3 Å². The van der Waals surface area contributed by atoms with Gasteiger partial charge in [-0.25, -0.2) is 10.2 Å². The van der Waals surface area contributed by atoms with E-state index in [0.717, 1.165) is 33.3 Å². The first-order chi connectivity index (χ1) is 13.6. The van der Waals surface area contributed by atoms with Crippen molar-refractivity contribution in [3.8, 4) is 5.75 Å². The normalized spacial score (nSPS) is 11.1. The Morgan fingerprint density at radius 3 is 2.64 bits per heavy atom. The Labute approximate surface area is 164 Å². The molecule has 0 aliphatic carbocycles. The zero-order chi connectivity index (χ0) is 19.9. The number of aromatic nitrogens is 1. The fraction of sp³-hybridized carbons (Fsp3) is 0.273. The number of fused-ring (bicyclic) bond motifs is 1. The van der Waals surface area contributed by atoms with Gasteiger partial charge in [0.25, 0.3) is 0 Å². The average molecular weight is 379 g/mol. The van der Waals surface area contributed by atoms with Crippen LogP contribution in [0.15, 0.2) is 53.8 Å². The molecule has 0 saturated heterocycles. The van der Waals surface area contributed by atoms with E-state index in [2.05, 4.69) is 47.1 Å². The number of carbonyl (C=O) groups excluding carboxylic acids is 1. The summed E-state index contributed by atoms with van der Waals surface area (Å²) < 4.78 is 13.0. The molecule has 146 valence electrons. The summed E-state index contributed by atoms with van der Waals surface area (Å²) in [6.45, 7) is 7.42. The number of hydrogen-bond donors (Lipinski definition) is 1. The summed E-state index contributed by atoms with van der Waals surface area (Å²) in [5.41, 5.74) is 6.63. The molecule has 0 aliphatic rings. The number of benzene rings is 2. The van der Waals surface area contributed by atoms with Crippen molar-refractivity contribution in [3.63, 3.8) is 0 Å². The van der Waals surface area contributed by atoms with Crippen molar-refractivity contribution in [1.29, 1.82) is 0 Å². The summed E-state index contributed by atoms with van der Waals surface area (Å²) in [4.78, 5) is 11.4. The highest BCUT2D eigenvalue weighted by Gasteiger charge is 2.08. The zero-order valence-electron chi connectivity index (χ0n) is 16.4. The minimum Gasteiger partial charge on any atom is -0.491 e. The van der Waals surface area contributed by atoms with Gasteiger partial charge in [0.1, 0.15) is 12.4 Å². The Morgan fingerprint density at radius 1 is 1.14 bits per heavy atom. The molecule has 0 unspecified atom stereocenters. The average Bonchev–Trinajstić information content (AvgIpc) is 3.02. The summed E-state index contributed by atoms with van der Waals surface area (Å²) in [7, 11) is 0. The number of nitrogens with one attached hydrogen (secondary N) is 1. The van der Waals surface area contributed by atoms with E-state index in [1.54, 1.807) is 13.1 Å². The minimum atomic E-state index is -0.565. The van der Waals surface area contributed by atoms with Gasteiger partial charge in [-0.15, -0.1) is 0 Å². The van der Waals surface area contributed by atoms with Gasteiger partial charge in [-0.3, -0.25) is 0 Å². The quantitative estimate of drug-likeness (QED) is 0.488.